The molecule has 3 fully saturated rings. The van der Waals surface area contributed by atoms with Crippen LogP contribution >= 0.6 is 0 Å². The second-order valence-electron chi connectivity index (χ2n) is 11.3. The number of carbonyl (C=O) groups is 2. The monoisotopic (exact) mass is 482 g/mol. The molecule has 7 nitrogen and oxygen atoms in total. The molecule has 4 aliphatic carbocycles. The first-order chi connectivity index (χ1) is 16.8. The molecule has 35 heavy (non-hydrogen) atoms. The lowest BCUT2D eigenvalue weighted by Crippen LogP contribution is -2.59. The number of ether oxygens (including phenoxy) is 1. The van der Waals surface area contributed by atoms with E-state index in [4.69, 9.17) is 4.74 Å². The van der Waals surface area contributed by atoms with Gasteiger partial charge >= 0.3 is 0 Å². The highest BCUT2D eigenvalue weighted by molar-refractivity contribution is 5.96. The zero-order chi connectivity index (χ0) is 24.9. The van der Waals surface area contributed by atoms with Crippen molar-refractivity contribution in [2.45, 2.75) is 70.6 Å². The van der Waals surface area contributed by atoms with Gasteiger partial charge in [0.15, 0.2) is 0 Å². The second kappa shape index (κ2) is 9.25. The molecule has 7 unspecified atom stereocenters. The first-order valence-corrected chi connectivity index (χ1v) is 13.1. The maximum absolute atomic E-state index is 13.3. The summed E-state index contributed by atoms with van der Waals surface area (Å²) in [5.41, 5.74) is 1.65. The largest absolute Gasteiger partial charge is 0.486 e. The minimum absolute atomic E-state index is 0.0198. The predicted octanol–water partition coefficient (Wildman–Crippen LogP) is 2.62. The van der Waals surface area contributed by atoms with Crippen molar-refractivity contribution in [1.82, 2.24) is 10.2 Å². The lowest BCUT2D eigenvalue weighted by molar-refractivity contribution is -0.146. The van der Waals surface area contributed by atoms with Crippen LogP contribution < -0.4 is 10.1 Å². The Hall–Kier alpha value is -2.38. The van der Waals surface area contributed by atoms with Gasteiger partial charge in [0, 0.05) is 30.6 Å². The molecule has 3 N–H and O–H groups in total. The molecule has 0 radical (unpaired) electrons. The Kier molecular flexibility index (Phi) is 6.43. The molecule has 3 saturated carbocycles. The number of aliphatic hydroxyl groups is 2. The Morgan fingerprint density at radius 1 is 1.23 bits per heavy atom. The average Bonchev–Trinajstić information content (AvgIpc) is 3.26. The number of nitrogens with zero attached hydrogens (tertiary/aromatic N) is 1. The fourth-order valence-corrected chi connectivity index (χ4v) is 7.22. The number of hydrogen-bond acceptors (Lipinski definition) is 5. The summed E-state index contributed by atoms with van der Waals surface area (Å²) in [7, 11) is 0. The third kappa shape index (κ3) is 3.97. The van der Waals surface area contributed by atoms with Crippen molar-refractivity contribution in [3.63, 3.8) is 0 Å². The van der Waals surface area contributed by atoms with E-state index >= 15 is 0 Å². The molecule has 7 atom stereocenters. The average molecular weight is 483 g/mol. The Labute approximate surface area is 207 Å². The minimum Gasteiger partial charge on any atom is -0.486 e. The topological polar surface area (TPSA) is 99.1 Å². The van der Waals surface area contributed by atoms with Gasteiger partial charge in [-0.05, 0) is 54.6 Å². The molecule has 0 aromatic heterocycles. The molecule has 1 aromatic rings. The number of benzene rings is 1. The van der Waals surface area contributed by atoms with Crippen LogP contribution in [0.4, 0.5) is 0 Å². The first kappa shape index (κ1) is 24.3. The molecule has 5 aliphatic rings. The first-order valence-electron chi connectivity index (χ1n) is 13.1. The molecule has 190 valence electrons. The summed E-state index contributed by atoms with van der Waals surface area (Å²) in [6, 6.07) is 6.90. The van der Waals surface area contributed by atoms with Gasteiger partial charge in [-0.1, -0.05) is 39.0 Å². The van der Waals surface area contributed by atoms with E-state index in [1.807, 2.05) is 36.1 Å². The number of carbonyl (C=O) groups excluding carboxylic acids is 2. The van der Waals surface area contributed by atoms with E-state index in [9.17, 15) is 19.8 Å². The Morgan fingerprint density at radius 3 is 2.69 bits per heavy atom. The van der Waals surface area contributed by atoms with E-state index < -0.39 is 24.2 Å². The molecule has 1 heterocycles. The van der Waals surface area contributed by atoms with Gasteiger partial charge < -0.3 is 25.2 Å². The van der Waals surface area contributed by atoms with Crippen molar-refractivity contribution in [2.75, 3.05) is 19.7 Å². The Balaban J connectivity index is 1.49. The number of aliphatic hydroxyl groups excluding tert-OH is 2. The highest BCUT2D eigenvalue weighted by Crippen LogP contribution is 2.61. The summed E-state index contributed by atoms with van der Waals surface area (Å²) in [6.07, 6.45) is 4.01. The number of fused-ring (bicyclic) bond motifs is 5. The quantitative estimate of drug-likeness (QED) is 0.555. The van der Waals surface area contributed by atoms with E-state index in [-0.39, 0.29) is 25.0 Å². The molecule has 7 heteroatoms. The molecular formula is C28H38N2O5. The van der Waals surface area contributed by atoms with Crippen molar-refractivity contribution < 1.29 is 24.5 Å². The lowest BCUT2D eigenvalue weighted by Gasteiger charge is -2.61. The van der Waals surface area contributed by atoms with Gasteiger partial charge in [0.25, 0.3) is 0 Å². The van der Waals surface area contributed by atoms with Crippen LogP contribution in [0.15, 0.2) is 35.9 Å². The van der Waals surface area contributed by atoms with Crippen LogP contribution in [0, 0.1) is 23.2 Å². The Morgan fingerprint density at radius 2 is 2.00 bits per heavy atom. The standard InChI is InChI=1S/C28H38N2O5/c1-4-23(32)30(15-16-9-10-17-13-20(16)28(17,2)3)21-14-19(27(34)29-11-12-31)24-18-7-5-6-8-22(18)35-26(24)25(21)33/h5-8,14,16-17,20-21,24-26,31,33H,4,9-13,15H2,1-3H3,(H,29,34). The van der Waals surface area contributed by atoms with Gasteiger partial charge in [-0.2, -0.15) is 0 Å². The summed E-state index contributed by atoms with van der Waals surface area (Å²) >= 11 is 0. The van der Waals surface area contributed by atoms with Crippen LogP contribution in [0.2, 0.25) is 0 Å². The zero-order valence-electron chi connectivity index (χ0n) is 20.9. The SMILES string of the molecule is CCC(=O)N(CC1CCC2CC1C2(C)C)C1C=C(C(=O)NCCO)C2c3ccccc3OC2C1O. The molecule has 2 bridgehead atoms. The zero-order valence-corrected chi connectivity index (χ0v) is 20.9. The number of nitrogens with one attached hydrogen (secondary N) is 1. The molecule has 0 spiro atoms. The smallest absolute Gasteiger partial charge is 0.247 e. The number of amides is 2. The predicted molar refractivity (Wildman–Crippen MR) is 132 cm³/mol. The van der Waals surface area contributed by atoms with Crippen molar-refractivity contribution in [3.05, 3.63) is 41.5 Å². The summed E-state index contributed by atoms with van der Waals surface area (Å²) in [5.74, 6) is 1.65. The van der Waals surface area contributed by atoms with E-state index in [0.29, 0.717) is 41.5 Å². The third-order valence-electron chi connectivity index (χ3n) is 9.29. The maximum atomic E-state index is 13.3. The Bertz CT molecular complexity index is 1020. The normalized spacial score (nSPS) is 34.0. The summed E-state index contributed by atoms with van der Waals surface area (Å²) < 4.78 is 6.20. The second-order valence-corrected chi connectivity index (χ2v) is 11.3. The van der Waals surface area contributed by atoms with Gasteiger partial charge in [-0.15, -0.1) is 0 Å². The molecule has 6 rings (SSSR count). The van der Waals surface area contributed by atoms with Crippen LogP contribution in [0.5, 0.6) is 5.75 Å². The van der Waals surface area contributed by atoms with E-state index in [0.717, 1.165) is 17.9 Å². The molecule has 2 amide bonds. The van der Waals surface area contributed by atoms with Crippen LogP contribution in [0.1, 0.15) is 57.9 Å². The minimum atomic E-state index is -0.956. The number of rotatable bonds is 7. The van der Waals surface area contributed by atoms with Crippen LogP contribution in [0.3, 0.4) is 0 Å². The van der Waals surface area contributed by atoms with Crippen LogP contribution in [-0.2, 0) is 9.59 Å². The lowest BCUT2D eigenvalue weighted by atomic mass is 9.45. The highest BCUT2D eigenvalue weighted by atomic mass is 16.5. The molecule has 0 saturated heterocycles. The van der Waals surface area contributed by atoms with E-state index in [2.05, 4.69) is 19.2 Å². The van der Waals surface area contributed by atoms with Gasteiger partial charge in [0.1, 0.15) is 18.0 Å². The fraction of sp³-hybridized carbons (Fsp3) is 0.643. The third-order valence-corrected chi connectivity index (χ3v) is 9.29. The number of hydrogen-bond donors (Lipinski definition) is 3. The van der Waals surface area contributed by atoms with Crippen molar-refractivity contribution in [1.29, 1.82) is 0 Å². The van der Waals surface area contributed by atoms with Crippen molar-refractivity contribution >= 4 is 11.8 Å². The van der Waals surface area contributed by atoms with Gasteiger partial charge in [0.05, 0.1) is 18.6 Å². The summed E-state index contributed by atoms with van der Waals surface area (Å²) in [4.78, 5) is 28.3. The van der Waals surface area contributed by atoms with Gasteiger partial charge in [-0.3, -0.25) is 9.59 Å². The summed E-state index contributed by atoms with van der Waals surface area (Å²) in [6.45, 7) is 7.10. The number of para-hydroxylation sites is 1. The molecule has 1 aliphatic heterocycles. The van der Waals surface area contributed by atoms with Crippen LogP contribution in [-0.4, -0.2) is 64.9 Å². The van der Waals surface area contributed by atoms with Gasteiger partial charge in [-0.25, -0.2) is 0 Å². The van der Waals surface area contributed by atoms with E-state index in [1.165, 1.54) is 12.8 Å². The maximum Gasteiger partial charge on any atom is 0.247 e. The fourth-order valence-electron chi connectivity index (χ4n) is 7.22. The van der Waals surface area contributed by atoms with Gasteiger partial charge in [0.2, 0.25) is 11.8 Å². The molecular weight excluding hydrogens is 444 g/mol. The summed E-state index contributed by atoms with van der Waals surface area (Å²) in [5, 5.41) is 23.6. The van der Waals surface area contributed by atoms with E-state index in [1.54, 1.807) is 6.08 Å². The van der Waals surface area contributed by atoms with Crippen molar-refractivity contribution in [3.8, 4) is 5.75 Å². The van der Waals surface area contributed by atoms with Crippen molar-refractivity contribution in [2.24, 2.45) is 23.2 Å². The highest BCUT2D eigenvalue weighted by Gasteiger charge is 2.55. The van der Waals surface area contributed by atoms with Crippen LogP contribution in [0.25, 0.3) is 0 Å². The molecule has 1 aromatic carbocycles.